The van der Waals surface area contributed by atoms with Crippen molar-refractivity contribution in [2.45, 2.75) is 26.3 Å². The van der Waals surface area contributed by atoms with E-state index < -0.39 is 5.97 Å². The maximum atomic E-state index is 12.0. The molecule has 1 aromatic heterocycles. The van der Waals surface area contributed by atoms with Crippen LogP contribution in [0.15, 0.2) is 18.3 Å². The van der Waals surface area contributed by atoms with Gasteiger partial charge in [0, 0.05) is 12.2 Å². The second kappa shape index (κ2) is 5.34. The Morgan fingerprint density at radius 2 is 2.25 bits per heavy atom. The molecule has 1 aromatic rings. The van der Waals surface area contributed by atoms with Gasteiger partial charge in [-0.05, 0) is 25.5 Å². The summed E-state index contributed by atoms with van der Waals surface area (Å²) in [6, 6.07) is 3.26. The third kappa shape index (κ3) is 2.85. The smallest absolute Gasteiger partial charge is 0.323 e. The number of carbonyl (C=O) groups is 2. The number of carboxylic acid groups (broad SMARTS) is 1. The van der Waals surface area contributed by atoms with Gasteiger partial charge in [-0.25, -0.2) is 0 Å². The number of aromatic nitrogens is 1. The number of carbonyl (C=O) groups excluding carboxylic acids is 1. The molecule has 0 radical (unpaired) electrons. The lowest BCUT2D eigenvalue weighted by atomic mass is 10.2. The van der Waals surface area contributed by atoms with E-state index in [1.807, 2.05) is 13.8 Å². The lowest BCUT2D eigenvalue weighted by Crippen LogP contribution is -2.41. The summed E-state index contributed by atoms with van der Waals surface area (Å²) in [6.07, 6.45) is 2.36. The fraction of sp³-hybridized carbons (Fsp3) is 0.455. The van der Waals surface area contributed by atoms with Crippen LogP contribution in [0.25, 0.3) is 0 Å². The van der Waals surface area contributed by atoms with Crippen LogP contribution in [0.5, 0.6) is 0 Å². The molecule has 5 nitrogen and oxygen atoms in total. The average molecular weight is 224 g/mol. The predicted molar refractivity (Wildman–Crippen MR) is 59.2 cm³/mol. The van der Waals surface area contributed by atoms with Crippen molar-refractivity contribution in [2.24, 2.45) is 0 Å². The first-order valence-corrected chi connectivity index (χ1v) is 5.22. The van der Waals surface area contributed by atoms with Gasteiger partial charge in [0.2, 0.25) is 0 Å². The fourth-order valence-electron chi connectivity index (χ4n) is 1.41. The van der Waals surface area contributed by atoms with Crippen molar-refractivity contribution in [1.29, 1.82) is 0 Å². The van der Waals surface area contributed by atoms with Gasteiger partial charge in [-0.15, -0.1) is 0 Å². The molecule has 88 valence electrons. The highest BCUT2D eigenvalue weighted by molar-refractivity contribution is 5.94. The van der Waals surface area contributed by atoms with Crippen LogP contribution >= 0.6 is 0 Å². The minimum absolute atomic E-state index is 0.0908. The van der Waals surface area contributed by atoms with E-state index in [-0.39, 0.29) is 18.5 Å². The first kappa shape index (κ1) is 12.3. The van der Waals surface area contributed by atoms with Gasteiger partial charge in [-0.3, -0.25) is 9.59 Å². The quantitative estimate of drug-likeness (QED) is 0.792. The Bertz CT molecular complexity index is 359. The van der Waals surface area contributed by atoms with E-state index in [2.05, 4.69) is 4.98 Å². The maximum absolute atomic E-state index is 12.0. The molecule has 0 fully saturated rings. The van der Waals surface area contributed by atoms with Gasteiger partial charge in [0.25, 0.3) is 5.91 Å². The van der Waals surface area contributed by atoms with Crippen LogP contribution in [-0.2, 0) is 4.79 Å². The molecule has 0 aliphatic heterocycles. The summed E-state index contributed by atoms with van der Waals surface area (Å²) >= 11 is 0. The number of H-pyrrole nitrogens is 1. The highest BCUT2D eigenvalue weighted by Crippen LogP contribution is 2.09. The summed E-state index contributed by atoms with van der Waals surface area (Å²) in [4.78, 5) is 26.8. The van der Waals surface area contributed by atoms with Crippen LogP contribution in [0.2, 0.25) is 0 Å². The molecule has 0 bridgehead atoms. The Hall–Kier alpha value is -1.78. The van der Waals surface area contributed by atoms with Crippen LogP contribution in [-0.4, -0.2) is 39.5 Å². The summed E-state index contributed by atoms with van der Waals surface area (Å²) in [6.45, 7) is 3.48. The Labute approximate surface area is 94.1 Å². The normalized spacial score (nSPS) is 12.1. The number of aromatic amines is 1. The molecule has 0 saturated heterocycles. The molecule has 16 heavy (non-hydrogen) atoms. The minimum atomic E-state index is -1.000. The third-order valence-corrected chi connectivity index (χ3v) is 2.52. The zero-order valence-corrected chi connectivity index (χ0v) is 9.43. The van der Waals surface area contributed by atoms with Crippen LogP contribution < -0.4 is 0 Å². The molecule has 1 amide bonds. The van der Waals surface area contributed by atoms with E-state index in [1.165, 1.54) is 4.90 Å². The number of aliphatic carboxylic acids is 1. The maximum Gasteiger partial charge on any atom is 0.323 e. The Kier molecular flexibility index (Phi) is 4.10. The number of carboxylic acids is 1. The van der Waals surface area contributed by atoms with Crippen molar-refractivity contribution >= 4 is 11.9 Å². The first-order chi connectivity index (χ1) is 7.56. The van der Waals surface area contributed by atoms with Gasteiger partial charge < -0.3 is 15.0 Å². The van der Waals surface area contributed by atoms with E-state index >= 15 is 0 Å². The molecule has 1 unspecified atom stereocenters. The Morgan fingerprint density at radius 3 is 2.69 bits per heavy atom. The van der Waals surface area contributed by atoms with Gasteiger partial charge in [0.05, 0.1) is 0 Å². The standard InChI is InChI=1S/C11H16N2O3/c1-3-8(2)13(7-10(14)15)11(16)9-5-4-6-12-9/h4-6,8,12H,3,7H2,1-2H3,(H,14,15). The second-order valence-corrected chi connectivity index (χ2v) is 3.67. The van der Waals surface area contributed by atoms with E-state index in [0.29, 0.717) is 5.69 Å². The molecule has 0 aromatic carbocycles. The summed E-state index contributed by atoms with van der Waals surface area (Å²) in [5, 5.41) is 8.77. The van der Waals surface area contributed by atoms with Crippen molar-refractivity contribution in [2.75, 3.05) is 6.54 Å². The number of hydrogen-bond acceptors (Lipinski definition) is 2. The summed E-state index contributed by atoms with van der Waals surface area (Å²) in [7, 11) is 0. The summed E-state index contributed by atoms with van der Waals surface area (Å²) in [5.74, 6) is -1.28. The number of rotatable bonds is 5. The van der Waals surface area contributed by atoms with Crippen LogP contribution in [0.3, 0.4) is 0 Å². The molecule has 0 aliphatic carbocycles. The van der Waals surface area contributed by atoms with E-state index in [4.69, 9.17) is 5.11 Å². The summed E-state index contributed by atoms with van der Waals surface area (Å²) in [5.41, 5.74) is 0.418. The monoisotopic (exact) mass is 224 g/mol. The van der Waals surface area contributed by atoms with E-state index in [9.17, 15) is 9.59 Å². The first-order valence-electron chi connectivity index (χ1n) is 5.22. The third-order valence-electron chi connectivity index (χ3n) is 2.52. The predicted octanol–water partition coefficient (Wildman–Crippen LogP) is 1.34. The molecule has 0 spiro atoms. The SMILES string of the molecule is CCC(C)N(CC(=O)O)C(=O)c1ccc[nH]1. The minimum Gasteiger partial charge on any atom is -0.480 e. The number of amides is 1. The molecular formula is C11H16N2O3. The van der Waals surface area contributed by atoms with Crippen LogP contribution in [0, 0.1) is 0 Å². The summed E-state index contributed by atoms with van der Waals surface area (Å²) < 4.78 is 0. The van der Waals surface area contributed by atoms with Gasteiger partial charge >= 0.3 is 5.97 Å². The second-order valence-electron chi connectivity index (χ2n) is 3.67. The molecule has 1 rings (SSSR count). The van der Waals surface area contributed by atoms with Crippen molar-refractivity contribution in [3.8, 4) is 0 Å². The van der Waals surface area contributed by atoms with Crippen molar-refractivity contribution in [1.82, 2.24) is 9.88 Å². The Balaban J connectivity index is 2.84. The fourth-order valence-corrected chi connectivity index (χ4v) is 1.41. The average Bonchev–Trinajstić information content (AvgIpc) is 2.77. The van der Waals surface area contributed by atoms with Gasteiger partial charge in [0.1, 0.15) is 12.2 Å². The lowest BCUT2D eigenvalue weighted by Gasteiger charge is -2.26. The van der Waals surface area contributed by atoms with E-state index in [0.717, 1.165) is 6.42 Å². The molecule has 1 heterocycles. The lowest BCUT2D eigenvalue weighted by molar-refractivity contribution is -0.138. The van der Waals surface area contributed by atoms with E-state index in [1.54, 1.807) is 18.3 Å². The number of nitrogens with zero attached hydrogens (tertiary/aromatic N) is 1. The van der Waals surface area contributed by atoms with Crippen LogP contribution in [0.4, 0.5) is 0 Å². The van der Waals surface area contributed by atoms with Crippen molar-refractivity contribution in [3.63, 3.8) is 0 Å². The highest BCUT2D eigenvalue weighted by atomic mass is 16.4. The topological polar surface area (TPSA) is 73.4 Å². The molecular weight excluding hydrogens is 208 g/mol. The number of nitrogens with one attached hydrogen (secondary N) is 1. The van der Waals surface area contributed by atoms with Crippen molar-refractivity contribution in [3.05, 3.63) is 24.0 Å². The largest absolute Gasteiger partial charge is 0.480 e. The van der Waals surface area contributed by atoms with Crippen molar-refractivity contribution < 1.29 is 14.7 Å². The van der Waals surface area contributed by atoms with Crippen LogP contribution in [0.1, 0.15) is 30.8 Å². The molecule has 1 atom stereocenters. The molecule has 0 saturated carbocycles. The van der Waals surface area contributed by atoms with Gasteiger partial charge in [0.15, 0.2) is 0 Å². The molecule has 0 aliphatic rings. The number of hydrogen-bond donors (Lipinski definition) is 2. The van der Waals surface area contributed by atoms with Gasteiger partial charge in [-0.2, -0.15) is 0 Å². The zero-order valence-electron chi connectivity index (χ0n) is 9.43. The highest BCUT2D eigenvalue weighted by Gasteiger charge is 2.23. The molecule has 2 N–H and O–H groups in total. The molecule has 5 heteroatoms. The van der Waals surface area contributed by atoms with Gasteiger partial charge in [-0.1, -0.05) is 6.92 Å². The Morgan fingerprint density at radius 1 is 1.56 bits per heavy atom. The zero-order chi connectivity index (χ0) is 12.1.